The molecule has 1 fully saturated rings. The number of anilines is 3. The first kappa shape index (κ1) is 23.1. The van der Waals surface area contributed by atoms with E-state index < -0.39 is 5.91 Å². The van der Waals surface area contributed by atoms with Crippen molar-refractivity contribution in [1.29, 1.82) is 0 Å². The Morgan fingerprint density at radius 1 is 1.11 bits per heavy atom. The molecule has 0 atom stereocenters. The maximum atomic E-state index is 12.1. The third-order valence-electron chi connectivity index (χ3n) is 5.96. The van der Waals surface area contributed by atoms with E-state index in [9.17, 15) is 4.79 Å². The number of methoxy groups -OCH3 is 1. The first-order valence-electron chi connectivity index (χ1n) is 11.6. The van der Waals surface area contributed by atoms with Crippen LogP contribution in [-0.2, 0) is 7.05 Å². The minimum Gasteiger partial charge on any atom is -0.494 e. The van der Waals surface area contributed by atoms with Crippen molar-refractivity contribution in [2.24, 2.45) is 12.8 Å². The van der Waals surface area contributed by atoms with Crippen molar-refractivity contribution in [2.75, 3.05) is 30.4 Å². The van der Waals surface area contributed by atoms with Crippen molar-refractivity contribution >= 4 is 34.5 Å². The van der Waals surface area contributed by atoms with Gasteiger partial charge in [0.05, 0.1) is 43.3 Å². The number of hydrogen-bond acceptors (Lipinski definition) is 12. The van der Waals surface area contributed by atoms with Crippen LogP contribution in [0, 0.1) is 0 Å². The fourth-order valence-electron chi connectivity index (χ4n) is 3.97. The van der Waals surface area contributed by atoms with Crippen LogP contribution in [0.2, 0.25) is 0 Å². The summed E-state index contributed by atoms with van der Waals surface area (Å²) in [4.78, 5) is 35.7. The second-order valence-electron chi connectivity index (χ2n) is 8.62. The molecular weight excluding hydrogens is 492 g/mol. The fourth-order valence-corrected chi connectivity index (χ4v) is 3.97. The van der Waals surface area contributed by atoms with Gasteiger partial charge in [0.25, 0.3) is 11.9 Å². The molecule has 5 heterocycles. The van der Waals surface area contributed by atoms with E-state index in [4.69, 9.17) is 19.6 Å². The largest absolute Gasteiger partial charge is 0.494 e. The number of oxazole rings is 1. The minimum absolute atomic E-state index is 0.0363. The Morgan fingerprint density at radius 3 is 2.63 bits per heavy atom. The van der Waals surface area contributed by atoms with Gasteiger partial charge in [-0.05, 0) is 12.1 Å². The Hall–Kier alpha value is -5.27. The van der Waals surface area contributed by atoms with Gasteiger partial charge in [0.2, 0.25) is 0 Å². The molecule has 3 N–H and O–H groups in total. The summed E-state index contributed by atoms with van der Waals surface area (Å²) in [6.45, 7) is 1.19. The number of fused-ring (bicyclic) bond motifs is 1. The molecule has 5 aromatic rings. The van der Waals surface area contributed by atoms with Crippen LogP contribution in [0.1, 0.15) is 22.1 Å². The van der Waals surface area contributed by atoms with Crippen LogP contribution in [0.3, 0.4) is 0 Å². The molecule has 6 rings (SSSR count). The molecule has 0 aliphatic carbocycles. The number of ether oxygens (including phenoxy) is 2. The number of amides is 1. The second kappa shape index (κ2) is 9.31. The minimum atomic E-state index is -0.668. The molecule has 0 spiro atoms. The monoisotopic (exact) mass is 514 g/mol. The first-order chi connectivity index (χ1) is 18.4. The van der Waals surface area contributed by atoms with Crippen molar-refractivity contribution in [3.05, 3.63) is 60.6 Å². The highest BCUT2D eigenvalue weighted by molar-refractivity contribution is 5.96. The number of nitrogens with zero attached hydrogens (tertiary/aromatic N) is 8. The van der Waals surface area contributed by atoms with Gasteiger partial charge >= 0.3 is 6.01 Å². The molecule has 1 saturated heterocycles. The van der Waals surface area contributed by atoms with Gasteiger partial charge in [-0.2, -0.15) is 20.1 Å². The van der Waals surface area contributed by atoms with Gasteiger partial charge in [0.1, 0.15) is 11.3 Å². The Balaban J connectivity index is 1.14. The van der Waals surface area contributed by atoms with E-state index in [0.717, 1.165) is 0 Å². The number of primary amides is 1. The number of hydrogen-bond donors (Lipinski definition) is 2. The van der Waals surface area contributed by atoms with E-state index in [1.54, 1.807) is 55.6 Å². The zero-order chi connectivity index (χ0) is 26.2. The summed E-state index contributed by atoms with van der Waals surface area (Å²) in [5, 5.41) is 7.12. The van der Waals surface area contributed by atoms with Crippen LogP contribution in [-0.4, -0.2) is 60.8 Å². The topological polar surface area (TPSA) is 172 Å². The Kier molecular flexibility index (Phi) is 5.67. The normalized spacial score (nSPS) is 13.4. The van der Waals surface area contributed by atoms with E-state index >= 15 is 0 Å². The summed E-state index contributed by atoms with van der Waals surface area (Å²) in [5.74, 6) is 0.700. The van der Waals surface area contributed by atoms with Gasteiger partial charge in [0, 0.05) is 38.3 Å². The van der Waals surface area contributed by atoms with Crippen LogP contribution < -0.4 is 25.4 Å². The number of nitrogens with two attached hydrogens (primary N) is 1. The average Bonchev–Trinajstić information content (AvgIpc) is 3.49. The predicted molar refractivity (Wildman–Crippen MR) is 135 cm³/mol. The maximum absolute atomic E-state index is 12.1. The van der Waals surface area contributed by atoms with Crippen molar-refractivity contribution < 1.29 is 18.7 Å². The molecule has 1 aliphatic rings. The summed E-state index contributed by atoms with van der Waals surface area (Å²) < 4.78 is 18.4. The third-order valence-corrected chi connectivity index (χ3v) is 5.96. The highest BCUT2D eigenvalue weighted by Gasteiger charge is 2.33. The number of benzene rings is 1. The van der Waals surface area contributed by atoms with Gasteiger partial charge < -0.3 is 29.8 Å². The molecule has 0 bridgehead atoms. The van der Waals surface area contributed by atoms with Crippen molar-refractivity contribution in [3.8, 4) is 17.5 Å². The number of carbonyl (C=O) groups excluding carboxylic acids is 1. The van der Waals surface area contributed by atoms with Crippen LogP contribution in [0.5, 0.6) is 17.5 Å². The predicted octanol–water partition coefficient (Wildman–Crippen LogP) is 2.39. The zero-order valence-electron chi connectivity index (χ0n) is 20.4. The first-order valence-corrected chi connectivity index (χ1v) is 11.6. The number of carbonyl (C=O) groups is 1. The van der Waals surface area contributed by atoms with Gasteiger partial charge in [-0.15, -0.1) is 0 Å². The zero-order valence-corrected chi connectivity index (χ0v) is 20.4. The maximum Gasteiger partial charge on any atom is 0.322 e. The molecule has 38 heavy (non-hydrogen) atoms. The lowest BCUT2D eigenvalue weighted by Crippen LogP contribution is -2.45. The Bertz CT molecular complexity index is 1630. The highest BCUT2D eigenvalue weighted by Crippen LogP contribution is 2.34. The molecule has 14 nitrogen and oxygen atoms in total. The number of rotatable bonds is 8. The molecule has 0 radical (unpaired) electrons. The Labute approximate surface area is 215 Å². The van der Waals surface area contributed by atoms with Gasteiger partial charge in [-0.3, -0.25) is 9.48 Å². The summed E-state index contributed by atoms with van der Waals surface area (Å²) in [6, 6.07) is 5.97. The molecule has 192 valence electrons. The van der Waals surface area contributed by atoms with E-state index in [-0.39, 0.29) is 23.4 Å². The van der Waals surface area contributed by atoms with Gasteiger partial charge in [-0.25, -0.2) is 9.97 Å². The van der Waals surface area contributed by atoms with E-state index in [1.807, 2.05) is 4.90 Å². The van der Waals surface area contributed by atoms with Crippen LogP contribution >= 0.6 is 0 Å². The molecule has 1 amide bonds. The number of aryl methyl sites for hydroxylation is 1. The molecule has 1 aliphatic heterocycles. The summed E-state index contributed by atoms with van der Waals surface area (Å²) >= 11 is 0. The summed E-state index contributed by atoms with van der Waals surface area (Å²) in [6.07, 6.45) is 8.06. The second-order valence-corrected chi connectivity index (χ2v) is 8.62. The lowest BCUT2D eigenvalue weighted by atomic mass is 9.97. The van der Waals surface area contributed by atoms with Crippen LogP contribution in [0.4, 0.5) is 17.5 Å². The molecular formula is C24H22N10O4. The fraction of sp³-hybridized carbons (Fsp3) is 0.208. The lowest BCUT2D eigenvalue weighted by Gasteiger charge is -2.37. The van der Waals surface area contributed by atoms with E-state index in [1.165, 1.54) is 12.4 Å². The van der Waals surface area contributed by atoms with Crippen molar-refractivity contribution in [2.45, 2.75) is 5.92 Å². The standard InChI is InChI=1S/C24H22N10O4/c1-33-12-14(6-29-33)30-22-20(21(25)35)31-18(9-26-22)13-10-34(11-13)24-32-17-4-3-15(5-19(17)38-24)37-23-27-7-16(36-2)8-28-23/h3-9,12-13H,10-11H2,1-2H3,(H2,25,35)(H,26,30). The quantitative estimate of drug-likeness (QED) is 0.310. The smallest absolute Gasteiger partial charge is 0.322 e. The highest BCUT2D eigenvalue weighted by atomic mass is 16.5. The lowest BCUT2D eigenvalue weighted by molar-refractivity contribution is 0.0995. The van der Waals surface area contributed by atoms with Crippen molar-refractivity contribution in [1.82, 2.24) is 34.7 Å². The van der Waals surface area contributed by atoms with E-state index in [2.05, 4.69) is 35.3 Å². The van der Waals surface area contributed by atoms with Crippen LogP contribution in [0.25, 0.3) is 11.1 Å². The SMILES string of the molecule is COc1cnc(Oc2ccc3nc(N4CC(c5cnc(Nc6cnn(C)c6)c(C(N)=O)n5)C4)oc3c2)nc1. The third kappa shape index (κ3) is 4.50. The van der Waals surface area contributed by atoms with Gasteiger partial charge in [0.15, 0.2) is 22.8 Å². The number of aromatic nitrogens is 7. The summed E-state index contributed by atoms with van der Waals surface area (Å²) in [7, 11) is 3.33. The molecule has 1 aromatic carbocycles. The van der Waals surface area contributed by atoms with E-state index in [0.29, 0.717) is 53.1 Å². The Morgan fingerprint density at radius 2 is 1.92 bits per heavy atom. The molecule has 14 heteroatoms. The average molecular weight is 515 g/mol. The molecule has 0 unspecified atom stereocenters. The number of nitrogens with one attached hydrogen (secondary N) is 1. The van der Waals surface area contributed by atoms with Crippen LogP contribution in [0.15, 0.2) is 53.6 Å². The van der Waals surface area contributed by atoms with Crippen molar-refractivity contribution in [3.63, 3.8) is 0 Å². The van der Waals surface area contributed by atoms with Gasteiger partial charge in [-0.1, -0.05) is 0 Å². The molecule has 4 aromatic heterocycles. The molecule has 0 saturated carbocycles. The summed E-state index contributed by atoms with van der Waals surface area (Å²) in [5.41, 5.74) is 8.24.